The zero-order valence-corrected chi connectivity index (χ0v) is 16.7. The van der Waals surface area contributed by atoms with Crippen molar-refractivity contribution in [3.8, 4) is 0 Å². The minimum atomic E-state index is -0.413. The monoisotopic (exact) mass is 432 g/mol. The first-order chi connectivity index (χ1) is 13.5. The van der Waals surface area contributed by atoms with Crippen LogP contribution in [0.1, 0.15) is 11.1 Å². The summed E-state index contributed by atoms with van der Waals surface area (Å²) >= 11 is 13.0. The number of halogens is 2. The number of oxime groups is 1. The van der Waals surface area contributed by atoms with Crippen LogP contribution < -0.4 is 0 Å². The topological polar surface area (TPSA) is 64.7 Å². The molecule has 0 bridgehead atoms. The predicted octanol–water partition coefficient (Wildman–Crippen LogP) is 6.60. The van der Waals surface area contributed by atoms with E-state index in [4.69, 9.17) is 28.0 Å². The van der Waals surface area contributed by atoms with Crippen LogP contribution in [-0.2, 0) is 11.4 Å². The van der Waals surface area contributed by atoms with E-state index in [0.29, 0.717) is 20.5 Å². The lowest BCUT2D eigenvalue weighted by Gasteiger charge is -2.04. The number of nitrogens with zero attached hydrogens (tertiary/aromatic N) is 2. The summed E-state index contributed by atoms with van der Waals surface area (Å²) in [6.45, 7) is 0.278. The van der Waals surface area contributed by atoms with Crippen molar-refractivity contribution in [1.29, 1.82) is 0 Å². The van der Waals surface area contributed by atoms with Gasteiger partial charge >= 0.3 is 0 Å². The third-order valence-corrected chi connectivity index (χ3v) is 5.22. The molecule has 0 heterocycles. The largest absolute Gasteiger partial charge is 0.391 e. The van der Waals surface area contributed by atoms with Gasteiger partial charge < -0.3 is 4.84 Å². The summed E-state index contributed by atoms with van der Waals surface area (Å²) in [6.07, 6.45) is 1.44. The molecule has 0 aliphatic rings. The molecule has 0 spiro atoms. The summed E-state index contributed by atoms with van der Waals surface area (Å²) in [5.41, 5.74) is 1.49. The number of hydrogen-bond donors (Lipinski definition) is 0. The summed E-state index contributed by atoms with van der Waals surface area (Å²) < 4.78 is 0. The lowest BCUT2D eigenvalue weighted by Crippen LogP contribution is -1.94. The number of nitro groups is 1. The van der Waals surface area contributed by atoms with Crippen molar-refractivity contribution < 1.29 is 9.76 Å². The highest BCUT2D eigenvalue weighted by Gasteiger charge is 2.15. The van der Waals surface area contributed by atoms with Gasteiger partial charge in [-0.3, -0.25) is 10.1 Å². The first-order valence-corrected chi connectivity index (χ1v) is 9.70. The molecule has 0 fully saturated rings. The highest BCUT2D eigenvalue weighted by Crippen LogP contribution is 2.35. The van der Waals surface area contributed by atoms with Gasteiger partial charge in [-0.2, -0.15) is 0 Å². The minimum absolute atomic E-state index is 0.00148. The van der Waals surface area contributed by atoms with Gasteiger partial charge in [-0.25, -0.2) is 0 Å². The van der Waals surface area contributed by atoms with Gasteiger partial charge in [-0.15, -0.1) is 0 Å². The highest BCUT2D eigenvalue weighted by atomic mass is 35.5. The Morgan fingerprint density at radius 3 is 2.29 bits per heavy atom. The van der Waals surface area contributed by atoms with Crippen LogP contribution in [0, 0.1) is 10.1 Å². The van der Waals surface area contributed by atoms with Crippen LogP contribution in [-0.4, -0.2) is 11.1 Å². The van der Waals surface area contributed by atoms with Gasteiger partial charge in [0.05, 0.1) is 16.0 Å². The summed E-state index contributed by atoms with van der Waals surface area (Å²) in [5.74, 6) is 0. The van der Waals surface area contributed by atoms with E-state index in [1.807, 2.05) is 24.3 Å². The van der Waals surface area contributed by atoms with Crippen molar-refractivity contribution in [2.24, 2.45) is 5.16 Å². The summed E-state index contributed by atoms with van der Waals surface area (Å²) in [5, 5.41) is 16.6. The Hall–Kier alpha value is -2.54. The van der Waals surface area contributed by atoms with Crippen molar-refractivity contribution in [2.45, 2.75) is 16.4 Å². The maximum absolute atomic E-state index is 11.4. The van der Waals surface area contributed by atoms with Crippen molar-refractivity contribution in [3.05, 3.63) is 98.0 Å². The molecule has 3 aromatic carbocycles. The smallest absolute Gasteiger partial charge is 0.283 e. The molecule has 0 radical (unpaired) electrons. The fourth-order valence-electron chi connectivity index (χ4n) is 2.26. The van der Waals surface area contributed by atoms with E-state index in [-0.39, 0.29) is 12.3 Å². The second kappa shape index (κ2) is 9.59. The lowest BCUT2D eigenvalue weighted by molar-refractivity contribution is -0.387. The number of rotatable bonds is 7. The molecular formula is C20H14Cl2N2O3S. The molecule has 0 N–H and O–H groups in total. The SMILES string of the molecule is O=[N+]([O-])c1cc(/C=N/OCc2ccc(Cl)cc2)ccc1Sc1ccc(Cl)cc1. The molecular weight excluding hydrogens is 419 g/mol. The molecule has 0 unspecified atom stereocenters. The molecule has 0 amide bonds. The van der Waals surface area contributed by atoms with Crippen molar-refractivity contribution in [2.75, 3.05) is 0 Å². The summed E-state index contributed by atoms with van der Waals surface area (Å²) in [6, 6.07) is 19.2. The Kier molecular flexibility index (Phi) is 6.92. The van der Waals surface area contributed by atoms with Crippen molar-refractivity contribution in [3.63, 3.8) is 0 Å². The van der Waals surface area contributed by atoms with Crippen LogP contribution in [0.2, 0.25) is 10.0 Å². The summed E-state index contributed by atoms with van der Waals surface area (Å²) in [7, 11) is 0. The molecule has 5 nitrogen and oxygen atoms in total. The Morgan fingerprint density at radius 1 is 1.00 bits per heavy atom. The minimum Gasteiger partial charge on any atom is -0.391 e. The molecule has 0 aromatic heterocycles. The average Bonchev–Trinajstić information content (AvgIpc) is 2.69. The Balaban J connectivity index is 1.68. The van der Waals surface area contributed by atoms with Gasteiger partial charge in [0.25, 0.3) is 5.69 Å². The molecule has 3 aromatic rings. The Labute approximate surface area is 176 Å². The molecule has 0 aliphatic heterocycles. The average molecular weight is 433 g/mol. The van der Waals surface area contributed by atoms with Gasteiger partial charge in [-0.05, 0) is 48.0 Å². The molecule has 0 saturated heterocycles. The fraction of sp³-hybridized carbons (Fsp3) is 0.0500. The van der Waals surface area contributed by atoms with E-state index >= 15 is 0 Å². The van der Waals surface area contributed by atoms with Crippen LogP contribution in [0.15, 0.2) is 81.7 Å². The molecule has 28 heavy (non-hydrogen) atoms. The molecule has 0 saturated carbocycles. The maximum Gasteiger partial charge on any atom is 0.283 e. The Morgan fingerprint density at radius 2 is 1.64 bits per heavy atom. The maximum atomic E-state index is 11.4. The van der Waals surface area contributed by atoms with E-state index in [9.17, 15) is 10.1 Å². The third kappa shape index (κ3) is 5.73. The normalized spacial score (nSPS) is 10.9. The van der Waals surface area contributed by atoms with Gasteiger partial charge in [0.2, 0.25) is 0 Å². The lowest BCUT2D eigenvalue weighted by atomic mass is 10.2. The molecule has 0 atom stereocenters. The van der Waals surface area contributed by atoms with Crippen LogP contribution in [0.4, 0.5) is 5.69 Å². The van der Waals surface area contributed by atoms with E-state index in [1.54, 1.807) is 36.4 Å². The highest BCUT2D eigenvalue weighted by molar-refractivity contribution is 7.99. The number of benzene rings is 3. The first-order valence-electron chi connectivity index (χ1n) is 8.13. The van der Waals surface area contributed by atoms with E-state index in [0.717, 1.165) is 10.5 Å². The Bertz CT molecular complexity index is 993. The van der Waals surface area contributed by atoms with E-state index in [2.05, 4.69) is 5.16 Å². The zero-order chi connectivity index (χ0) is 19.9. The van der Waals surface area contributed by atoms with E-state index in [1.165, 1.54) is 24.0 Å². The van der Waals surface area contributed by atoms with Crippen molar-refractivity contribution in [1.82, 2.24) is 0 Å². The van der Waals surface area contributed by atoms with E-state index < -0.39 is 4.92 Å². The van der Waals surface area contributed by atoms with Gasteiger partial charge in [0.1, 0.15) is 6.61 Å². The standard InChI is InChI=1S/C20H14Cl2N2O3S/c21-16-4-1-14(2-5-16)13-27-23-12-15-3-10-20(19(11-15)24(25)26)28-18-8-6-17(22)7-9-18/h1-12H,13H2/b23-12+. The van der Waals surface area contributed by atoms with Crippen LogP contribution in [0.5, 0.6) is 0 Å². The third-order valence-electron chi connectivity index (χ3n) is 3.64. The zero-order valence-electron chi connectivity index (χ0n) is 14.4. The quantitative estimate of drug-likeness (QED) is 0.239. The van der Waals surface area contributed by atoms with Gasteiger partial charge in [-0.1, -0.05) is 58.3 Å². The van der Waals surface area contributed by atoms with Crippen LogP contribution >= 0.6 is 35.0 Å². The summed E-state index contributed by atoms with van der Waals surface area (Å²) in [4.78, 5) is 17.7. The molecule has 8 heteroatoms. The second-order valence-electron chi connectivity index (χ2n) is 5.67. The van der Waals surface area contributed by atoms with Crippen LogP contribution in [0.25, 0.3) is 0 Å². The van der Waals surface area contributed by atoms with Gasteiger partial charge in [0.15, 0.2) is 0 Å². The number of hydrogen-bond acceptors (Lipinski definition) is 5. The first kappa shape index (κ1) is 20.2. The fourth-order valence-corrected chi connectivity index (χ4v) is 3.42. The predicted molar refractivity (Wildman–Crippen MR) is 113 cm³/mol. The van der Waals surface area contributed by atoms with Crippen molar-refractivity contribution >= 4 is 46.9 Å². The van der Waals surface area contributed by atoms with Gasteiger partial charge in [0, 0.05) is 26.6 Å². The van der Waals surface area contributed by atoms with Crippen LogP contribution in [0.3, 0.4) is 0 Å². The molecule has 142 valence electrons. The molecule has 0 aliphatic carbocycles. The second-order valence-corrected chi connectivity index (χ2v) is 7.66. The molecule has 3 rings (SSSR count). The number of nitro benzene ring substituents is 1.